The molecule has 2 saturated carbocycles. The zero-order valence-corrected chi connectivity index (χ0v) is 7.75. The van der Waals surface area contributed by atoms with Gasteiger partial charge in [0.15, 0.2) is 0 Å². The van der Waals surface area contributed by atoms with E-state index in [1.165, 1.54) is 12.8 Å². The highest BCUT2D eigenvalue weighted by molar-refractivity contribution is 5.79. The molecule has 2 rings (SSSR count). The third kappa shape index (κ3) is 1.85. The molecule has 0 aromatic carbocycles. The summed E-state index contributed by atoms with van der Waals surface area (Å²) in [4.78, 5) is 11.5. The van der Waals surface area contributed by atoms with Gasteiger partial charge in [-0.25, -0.2) is 0 Å². The Hall–Kier alpha value is -0.970. The predicted octanol–water partition coefficient (Wildman–Crippen LogP) is 1.17. The maximum Gasteiger partial charge on any atom is 0.223 e. The molecule has 0 saturated heterocycles. The number of amides is 1. The highest BCUT2D eigenvalue weighted by atomic mass is 16.1. The van der Waals surface area contributed by atoms with Crippen molar-refractivity contribution < 1.29 is 4.79 Å². The van der Waals surface area contributed by atoms with E-state index in [0.717, 1.165) is 24.7 Å². The fourth-order valence-corrected chi connectivity index (χ4v) is 2.37. The minimum Gasteiger partial charge on any atom is -0.345 e. The van der Waals surface area contributed by atoms with E-state index in [-0.39, 0.29) is 11.8 Å². The molecule has 0 aromatic heterocycles. The van der Waals surface area contributed by atoms with Crippen LogP contribution in [0.15, 0.2) is 0 Å². The lowest BCUT2D eigenvalue weighted by molar-refractivity contribution is -0.125. The van der Waals surface area contributed by atoms with Gasteiger partial charge in [-0.3, -0.25) is 4.79 Å². The molecule has 70 valence electrons. The van der Waals surface area contributed by atoms with Crippen LogP contribution in [0.5, 0.6) is 0 Å². The quantitative estimate of drug-likeness (QED) is 0.630. The zero-order valence-electron chi connectivity index (χ0n) is 7.75. The van der Waals surface area contributed by atoms with Gasteiger partial charge in [-0.05, 0) is 37.5 Å². The second kappa shape index (κ2) is 3.41. The molecule has 13 heavy (non-hydrogen) atoms. The van der Waals surface area contributed by atoms with Gasteiger partial charge in [0.05, 0.1) is 6.54 Å². The summed E-state index contributed by atoms with van der Waals surface area (Å²) in [7, 11) is 0. The molecule has 1 N–H and O–H groups in total. The van der Waals surface area contributed by atoms with Crippen LogP contribution < -0.4 is 5.32 Å². The van der Waals surface area contributed by atoms with Crippen LogP contribution in [0.2, 0.25) is 0 Å². The molecule has 2 aliphatic carbocycles. The fraction of sp³-hybridized carbons (Fsp3) is 0.727. The van der Waals surface area contributed by atoms with Gasteiger partial charge in [0.25, 0.3) is 0 Å². The molecule has 0 bridgehead atoms. The molecular formula is C11H15NO. The molecule has 2 aliphatic rings. The molecule has 0 aromatic rings. The van der Waals surface area contributed by atoms with Crippen molar-refractivity contribution in [2.75, 3.05) is 6.54 Å². The van der Waals surface area contributed by atoms with Gasteiger partial charge in [0.2, 0.25) is 5.91 Å². The molecular weight excluding hydrogens is 162 g/mol. The summed E-state index contributed by atoms with van der Waals surface area (Å²) >= 11 is 0. The first-order valence-corrected chi connectivity index (χ1v) is 5.02. The minimum absolute atomic E-state index is 0.170. The number of terminal acetylenes is 1. The Labute approximate surface area is 79.1 Å². The van der Waals surface area contributed by atoms with Gasteiger partial charge in [-0.1, -0.05) is 5.92 Å². The molecule has 0 radical (unpaired) electrons. The molecule has 2 nitrogen and oxygen atoms in total. The van der Waals surface area contributed by atoms with Crippen molar-refractivity contribution in [3.63, 3.8) is 0 Å². The second-order valence-electron chi connectivity index (χ2n) is 4.19. The lowest BCUT2D eigenvalue weighted by Gasteiger charge is -2.19. The number of fused-ring (bicyclic) bond motifs is 1. The van der Waals surface area contributed by atoms with Crippen LogP contribution in [0.1, 0.15) is 25.7 Å². The Balaban J connectivity index is 1.79. The number of carbonyl (C=O) groups is 1. The normalized spacial score (nSPS) is 35.8. The van der Waals surface area contributed by atoms with Crippen LogP contribution >= 0.6 is 0 Å². The van der Waals surface area contributed by atoms with Crippen LogP contribution in [0.4, 0.5) is 0 Å². The number of carbonyl (C=O) groups excluding carboxylic acids is 1. The van der Waals surface area contributed by atoms with Gasteiger partial charge < -0.3 is 5.32 Å². The van der Waals surface area contributed by atoms with Crippen molar-refractivity contribution in [2.24, 2.45) is 17.8 Å². The summed E-state index contributed by atoms with van der Waals surface area (Å²) in [6.45, 7) is 0.378. The first kappa shape index (κ1) is 8.62. The van der Waals surface area contributed by atoms with Crippen LogP contribution in [-0.4, -0.2) is 12.5 Å². The average molecular weight is 177 g/mol. The number of hydrogen-bond acceptors (Lipinski definition) is 1. The summed E-state index contributed by atoms with van der Waals surface area (Å²) < 4.78 is 0. The van der Waals surface area contributed by atoms with E-state index in [4.69, 9.17) is 6.42 Å². The number of rotatable bonds is 2. The summed E-state index contributed by atoms with van der Waals surface area (Å²) in [5.41, 5.74) is 0. The van der Waals surface area contributed by atoms with Crippen molar-refractivity contribution in [3.8, 4) is 12.3 Å². The maximum absolute atomic E-state index is 11.5. The topological polar surface area (TPSA) is 29.1 Å². The lowest BCUT2D eigenvalue weighted by atomic mass is 9.89. The Morgan fingerprint density at radius 2 is 2.23 bits per heavy atom. The lowest BCUT2D eigenvalue weighted by Crippen LogP contribution is -2.32. The fourth-order valence-electron chi connectivity index (χ4n) is 2.37. The van der Waals surface area contributed by atoms with Gasteiger partial charge in [-0.15, -0.1) is 6.42 Å². The molecule has 3 unspecified atom stereocenters. The zero-order chi connectivity index (χ0) is 9.26. The van der Waals surface area contributed by atoms with E-state index in [1.807, 2.05) is 0 Å². The van der Waals surface area contributed by atoms with E-state index >= 15 is 0 Å². The summed E-state index contributed by atoms with van der Waals surface area (Å²) in [6, 6.07) is 0. The molecule has 0 aliphatic heterocycles. The van der Waals surface area contributed by atoms with Crippen LogP contribution in [0, 0.1) is 30.1 Å². The van der Waals surface area contributed by atoms with Crippen molar-refractivity contribution in [1.82, 2.24) is 5.32 Å². The summed E-state index contributed by atoms with van der Waals surface area (Å²) in [5.74, 6) is 4.66. The third-order valence-corrected chi connectivity index (χ3v) is 3.28. The standard InChI is InChI=1S/C11H15NO/c1-2-5-12-11(13)9-4-3-8-6-10(8)7-9/h1,8-10H,3-7H2,(H,12,13). The highest BCUT2D eigenvalue weighted by Gasteiger charge is 2.43. The summed E-state index contributed by atoms with van der Waals surface area (Å²) in [6.07, 6.45) is 9.85. The first-order valence-electron chi connectivity index (χ1n) is 5.02. The van der Waals surface area contributed by atoms with Gasteiger partial charge in [0, 0.05) is 5.92 Å². The summed E-state index contributed by atoms with van der Waals surface area (Å²) in [5, 5.41) is 2.77. The highest BCUT2D eigenvalue weighted by Crippen LogP contribution is 2.51. The third-order valence-electron chi connectivity index (χ3n) is 3.28. The maximum atomic E-state index is 11.5. The van der Waals surface area contributed by atoms with Gasteiger partial charge in [-0.2, -0.15) is 0 Å². The Morgan fingerprint density at radius 3 is 2.92 bits per heavy atom. The Kier molecular flexibility index (Phi) is 2.26. The molecule has 2 heteroatoms. The van der Waals surface area contributed by atoms with E-state index in [0.29, 0.717) is 6.54 Å². The van der Waals surface area contributed by atoms with E-state index < -0.39 is 0 Å². The van der Waals surface area contributed by atoms with E-state index in [9.17, 15) is 4.79 Å². The van der Waals surface area contributed by atoms with Gasteiger partial charge >= 0.3 is 0 Å². The molecule has 0 spiro atoms. The SMILES string of the molecule is C#CCNC(=O)C1CCC2CC2C1. The predicted molar refractivity (Wildman–Crippen MR) is 50.8 cm³/mol. The second-order valence-corrected chi connectivity index (χ2v) is 4.19. The van der Waals surface area contributed by atoms with E-state index in [2.05, 4.69) is 11.2 Å². The molecule has 3 atom stereocenters. The largest absolute Gasteiger partial charge is 0.345 e. The van der Waals surface area contributed by atoms with Crippen LogP contribution in [-0.2, 0) is 4.79 Å². The number of nitrogens with one attached hydrogen (secondary N) is 1. The van der Waals surface area contributed by atoms with Crippen molar-refractivity contribution in [2.45, 2.75) is 25.7 Å². The number of hydrogen-bond donors (Lipinski definition) is 1. The molecule has 0 heterocycles. The van der Waals surface area contributed by atoms with E-state index in [1.54, 1.807) is 0 Å². The first-order chi connectivity index (χ1) is 6.31. The molecule has 1 amide bonds. The minimum atomic E-state index is 0.170. The Morgan fingerprint density at radius 1 is 1.38 bits per heavy atom. The van der Waals surface area contributed by atoms with Crippen LogP contribution in [0.3, 0.4) is 0 Å². The van der Waals surface area contributed by atoms with Crippen molar-refractivity contribution in [1.29, 1.82) is 0 Å². The van der Waals surface area contributed by atoms with Crippen molar-refractivity contribution in [3.05, 3.63) is 0 Å². The monoisotopic (exact) mass is 177 g/mol. The van der Waals surface area contributed by atoms with Crippen molar-refractivity contribution >= 4 is 5.91 Å². The molecule has 2 fully saturated rings. The Bertz CT molecular complexity index is 253. The average Bonchev–Trinajstić information content (AvgIpc) is 2.91. The van der Waals surface area contributed by atoms with Gasteiger partial charge in [0.1, 0.15) is 0 Å². The van der Waals surface area contributed by atoms with Crippen LogP contribution in [0.25, 0.3) is 0 Å². The smallest absolute Gasteiger partial charge is 0.223 e.